The summed E-state index contributed by atoms with van der Waals surface area (Å²) in [6, 6.07) is 4.02. The molecule has 4 rings (SSSR count). The maximum absolute atomic E-state index is 12.8. The molecule has 4 heterocycles. The maximum atomic E-state index is 12.8. The van der Waals surface area contributed by atoms with Gasteiger partial charge in [0.25, 0.3) is 0 Å². The summed E-state index contributed by atoms with van der Waals surface area (Å²) in [6.45, 7) is 5.88. The Morgan fingerprint density at radius 1 is 1.15 bits per heavy atom. The third kappa shape index (κ3) is 3.05. The van der Waals surface area contributed by atoms with Gasteiger partial charge in [0.15, 0.2) is 0 Å². The predicted octanol–water partition coefficient (Wildman–Crippen LogP) is 3.32. The van der Waals surface area contributed by atoms with E-state index in [4.69, 9.17) is 0 Å². The minimum absolute atomic E-state index is 0.482. The van der Waals surface area contributed by atoms with Gasteiger partial charge in [-0.25, -0.2) is 15.0 Å². The summed E-state index contributed by atoms with van der Waals surface area (Å²) < 4.78 is 40.4. The molecule has 136 valence electrons. The van der Waals surface area contributed by atoms with E-state index in [0.29, 0.717) is 31.7 Å². The molecule has 0 atom stereocenters. The first-order valence-electron chi connectivity index (χ1n) is 8.40. The van der Waals surface area contributed by atoms with Crippen LogP contribution in [0.15, 0.2) is 24.5 Å². The van der Waals surface area contributed by atoms with Crippen molar-refractivity contribution in [2.45, 2.75) is 39.5 Å². The second kappa shape index (κ2) is 6.05. The van der Waals surface area contributed by atoms with Gasteiger partial charge in [-0.05, 0) is 25.5 Å². The number of fused-ring (bicyclic) bond motifs is 2. The van der Waals surface area contributed by atoms with Crippen molar-refractivity contribution < 1.29 is 13.2 Å². The van der Waals surface area contributed by atoms with Crippen molar-refractivity contribution in [3.8, 4) is 0 Å². The van der Waals surface area contributed by atoms with Crippen LogP contribution in [0.1, 0.15) is 34.0 Å². The molecule has 1 aliphatic rings. The molecule has 0 unspecified atom stereocenters. The third-order valence-electron chi connectivity index (χ3n) is 4.71. The van der Waals surface area contributed by atoms with Crippen molar-refractivity contribution in [2.24, 2.45) is 0 Å². The third-order valence-corrected chi connectivity index (χ3v) is 4.71. The van der Waals surface area contributed by atoms with Crippen LogP contribution in [-0.4, -0.2) is 30.8 Å². The van der Waals surface area contributed by atoms with Crippen molar-refractivity contribution >= 4 is 5.65 Å². The minimum Gasteiger partial charge on any atom is -0.302 e. The molecule has 8 heteroatoms. The molecule has 0 bridgehead atoms. The van der Waals surface area contributed by atoms with E-state index in [2.05, 4.69) is 30.4 Å². The van der Waals surface area contributed by atoms with Crippen molar-refractivity contribution in [3.63, 3.8) is 0 Å². The molecule has 0 aromatic carbocycles. The number of hydrogen-bond acceptors (Lipinski definition) is 4. The highest BCUT2D eigenvalue weighted by Crippen LogP contribution is 2.28. The molecule has 0 spiro atoms. The molecule has 26 heavy (non-hydrogen) atoms. The Morgan fingerprint density at radius 2 is 1.96 bits per heavy atom. The molecular formula is C18H18F3N5. The number of halogens is 3. The molecule has 0 saturated heterocycles. The average Bonchev–Trinajstić information content (AvgIpc) is 2.89. The second-order valence-corrected chi connectivity index (χ2v) is 6.70. The van der Waals surface area contributed by atoms with E-state index in [0.717, 1.165) is 28.2 Å². The fourth-order valence-corrected chi connectivity index (χ4v) is 3.37. The van der Waals surface area contributed by atoms with Gasteiger partial charge in [0, 0.05) is 44.0 Å². The highest BCUT2D eigenvalue weighted by molar-refractivity contribution is 5.44. The molecule has 0 aliphatic carbocycles. The van der Waals surface area contributed by atoms with E-state index < -0.39 is 12.0 Å². The fourth-order valence-electron chi connectivity index (χ4n) is 3.37. The van der Waals surface area contributed by atoms with Crippen LogP contribution in [0.2, 0.25) is 0 Å². The molecule has 0 radical (unpaired) electrons. The van der Waals surface area contributed by atoms with Crippen LogP contribution >= 0.6 is 0 Å². The predicted molar refractivity (Wildman–Crippen MR) is 89.5 cm³/mol. The van der Waals surface area contributed by atoms with Gasteiger partial charge >= 0.3 is 6.18 Å². The maximum Gasteiger partial charge on any atom is 0.451 e. The van der Waals surface area contributed by atoms with Crippen LogP contribution in [0.3, 0.4) is 0 Å². The average molecular weight is 361 g/mol. The summed E-state index contributed by atoms with van der Waals surface area (Å²) in [5.41, 5.74) is 5.36. The van der Waals surface area contributed by atoms with Crippen molar-refractivity contribution in [1.29, 1.82) is 0 Å². The number of hydrogen-bond donors (Lipinski definition) is 0. The zero-order chi connectivity index (χ0) is 18.5. The minimum atomic E-state index is -4.50. The smallest absolute Gasteiger partial charge is 0.302 e. The molecule has 0 amide bonds. The Labute approximate surface area is 148 Å². The monoisotopic (exact) mass is 361 g/mol. The molecule has 0 fully saturated rings. The number of alkyl halides is 3. The lowest BCUT2D eigenvalue weighted by Crippen LogP contribution is -2.32. The normalized spacial score (nSPS) is 15.4. The standard InChI is InChI=1S/C18H18F3N5/c1-11-3-4-16-23-12(2)15(26(16)8-11)10-25-6-5-14-13(9-25)7-22-17(24-14)18(19,20)21/h3-4,7-8H,5-6,9-10H2,1-2H3. The largest absolute Gasteiger partial charge is 0.451 e. The summed E-state index contributed by atoms with van der Waals surface area (Å²) >= 11 is 0. The molecular weight excluding hydrogens is 343 g/mol. The number of imidazole rings is 1. The summed E-state index contributed by atoms with van der Waals surface area (Å²) in [7, 11) is 0. The van der Waals surface area contributed by atoms with Gasteiger partial charge in [0.2, 0.25) is 5.82 Å². The number of aryl methyl sites for hydroxylation is 2. The molecule has 3 aromatic heterocycles. The van der Waals surface area contributed by atoms with E-state index in [1.165, 1.54) is 6.20 Å². The Kier molecular flexibility index (Phi) is 3.95. The van der Waals surface area contributed by atoms with Crippen LogP contribution < -0.4 is 0 Å². The Morgan fingerprint density at radius 3 is 2.73 bits per heavy atom. The summed E-state index contributed by atoms with van der Waals surface area (Å²) in [5.74, 6) is -1.06. The van der Waals surface area contributed by atoms with Gasteiger partial charge in [0.05, 0.1) is 17.1 Å². The topological polar surface area (TPSA) is 46.3 Å². The van der Waals surface area contributed by atoms with Crippen LogP contribution in [0.5, 0.6) is 0 Å². The van der Waals surface area contributed by atoms with Crippen molar-refractivity contribution in [3.05, 3.63) is 58.6 Å². The quantitative estimate of drug-likeness (QED) is 0.703. The van der Waals surface area contributed by atoms with E-state index in [1.54, 1.807) is 0 Å². The number of rotatable bonds is 2. The van der Waals surface area contributed by atoms with Gasteiger partial charge < -0.3 is 4.40 Å². The summed E-state index contributed by atoms with van der Waals surface area (Å²) in [5, 5.41) is 0. The van der Waals surface area contributed by atoms with Crippen LogP contribution in [0, 0.1) is 13.8 Å². The van der Waals surface area contributed by atoms with E-state index >= 15 is 0 Å². The van der Waals surface area contributed by atoms with Gasteiger partial charge in [0.1, 0.15) is 5.65 Å². The number of nitrogens with zero attached hydrogens (tertiary/aromatic N) is 5. The number of pyridine rings is 1. The zero-order valence-electron chi connectivity index (χ0n) is 14.5. The highest BCUT2D eigenvalue weighted by atomic mass is 19.4. The van der Waals surface area contributed by atoms with Gasteiger partial charge in [-0.3, -0.25) is 4.90 Å². The fraction of sp³-hybridized carbons (Fsp3) is 0.389. The molecule has 3 aromatic rings. The Balaban J connectivity index is 1.59. The van der Waals surface area contributed by atoms with Crippen molar-refractivity contribution in [2.75, 3.05) is 6.54 Å². The Hall–Kier alpha value is -2.48. The molecule has 0 N–H and O–H groups in total. The first kappa shape index (κ1) is 17.0. The first-order valence-corrected chi connectivity index (χ1v) is 8.40. The highest BCUT2D eigenvalue weighted by Gasteiger charge is 2.35. The van der Waals surface area contributed by atoms with Gasteiger partial charge in [-0.1, -0.05) is 6.07 Å². The van der Waals surface area contributed by atoms with Gasteiger partial charge in [-0.15, -0.1) is 0 Å². The first-order chi connectivity index (χ1) is 12.3. The molecule has 0 saturated carbocycles. The summed E-state index contributed by atoms with van der Waals surface area (Å²) in [6.07, 6.45) is -0.655. The second-order valence-electron chi connectivity index (χ2n) is 6.70. The van der Waals surface area contributed by atoms with Crippen LogP contribution in [0.4, 0.5) is 13.2 Å². The van der Waals surface area contributed by atoms with E-state index in [-0.39, 0.29) is 0 Å². The summed E-state index contributed by atoms with van der Waals surface area (Å²) in [4.78, 5) is 14.0. The lowest BCUT2D eigenvalue weighted by atomic mass is 10.1. The number of aromatic nitrogens is 4. The lowest BCUT2D eigenvalue weighted by Gasteiger charge is -2.28. The Bertz CT molecular complexity index is 977. The van der Waals surface area contributed by atoms with E-state index in [9.17, 15) is 13.2 Å². The van der Waals surface area contributed by atoms with Gasteiger partial charge in [-0.2, -0.15) is 13.2 Å². The molecule has 5 nitrogen and oxygen atoms in total. The van der Waals surface area contributed by atoms with Crippen LogP contribution in [0.25, 0.3) is 5.65 Å². The SMILES string of the molecule is Cc1ccc2nc(C)c(CN3CCc4nc(C(F)(F)F)ncc4C3)n2c1. The lowest BCUT2D eigenvalue weighted by molar-refractivity contribution is -0.145. The van der Waals surface area contributed by atoms with Crippen molar-refractivity contribution in [1.82, 2.24) is 24.3 Å². The zero-order valence-corrected chi connectivity index (χ0v) is 14.5. The van der Waals surface area contributed by atoms with E-state index in [1.807, 2.05) is 26.0 Å². The molecule has 1 aliphatic heterocycles. The van der Waals surface area contributed by atoms with Crippen LogP contribution in [-0.2, 0) is 25.7 Å².